The lowest BCUT2D eigenvalue weighted by Gasteiger charge is -2.14. The highest BCUT2D eigenvalue weighted by Gasteiger charge is 2.19. The molecule has 0 bridgehead atoms. The van der Waals surface area contributed by atoms with E-state index in [1.165, 1.54) is 31.4 Å². The number of nitrogens with one attached hydrogen (secondary N) is 3. The summed E-state index contributed by atoms with van der Waals surface area (Å²) in [5.41, 5.74) is 1.44. The van der Waals surface area contributed by atoms with Crippen molar-refractivity contribution < 1.29 is 34.1 Å². The van der Waals surface area contributed by atoms with Gasteiger partial charge in [0, 0.05) is 18.2 Å². The molecule has 1 unspecified atom stereocenters. The maximum absolute atomic E-state index is 12.6. The fourth-order valence-corrected chi connectivity index (χ4v) is 3.90. The number of ether oxygens (including phenoxy) is 1. The number of thiazole rings is 1. The molecule has 5 N–H and O–H groups in total. The first-order valence-electron chi connectivity index (χ1n) is 12.0. The molecule has 12 heteroatoms. The molecule has 3 rings (SSSR count). The van der Waals surface area contributed by atoms with E-state index in [9.17, 15) is 24.6 Å². The zero-order valence-electron chi connectivity index (χ0n) is 22.5. The molecule has 0 saturated heterocycles. The summed E-state index contributed by atoms with van der Waals surface area (Å²) < 4.78 is 3.86. The van der Waals surface area contributed by atoms with Gasteiger partial charge in [-0.3, -0.25) is 19.2 Å². The molecule has 0 radical (unpaired) electrons. The summed E-state index contributed by atoms with van der Waals surface area (Å²) in [6.45, 7) is 7.98. The minimum absolute atomic E-state index is 0.00511. The number of carbonyl (C=O) groups excluding carboxylic acids is 4. The predicted molar refractivity (Wildman–Crippen MR) is 149 cm³/mol. The molecule has 39 heavy (non-hydrogen) atoms. The lowest BCUT2D eigenvalue weighted by molar-refractivity contribution is -0.126. The van der Waals surface area contributed by atoms with Gasteiger partial charge in [0.25, 0.3) is 18.3 Å². The number of benzene rings is 2. The Labute approximate surface area is 231 Å². The zero-order chi connectivity index (χ0) is 29.4. The second kappa shape index (κ2) is 17.1. The van der Waals surface area contributed by atoms with Crippen molar-refractivity contribution in [3.63, 3.8) is 0 Å². The van der Waals surface area contributed by atoms with Crippen LogP contribution in [0, 0.1) is 6.92 Å². The van der Waals surface area contributed by atoms with Crippen LogP contribution in [-0.4, -0.2) is 59.1 Å². The number of rotatable bonds is 9. The third-order valence-corrected chi connectivity index (χ3v) is 5.75. The van der Waals surface area contributed by atoms with Crippen LogP contribution in [0.3, 0.4) is 0 Å². The van der Waals surface area contributed by atoms with Crippen molar-refractivity contribution in [2.24, 2.45) is 0 Å². The van der Waals surface area contributed by atoms with Crippen LogP contribution < -0.4 is 16.0 Å². The van der Waals surface area contributed by atoms with E-state index >= 15 is 0 Å². The Balaban J connectivity index is 0.00000116. The molecule has 1 atom stereocenters. The summed E-state index contributed by atoms with van der Waals surface area (Å²) >= 11 is 1.05. The number of amides is 3. The van der Waals surface area contributed by atoms with Crippen LogP contribution in [0.25, 0.3) is 0 Å². The average molecular weight is 559 g/mol. The number of aromatic nitrogens is 1. The lowest BCUT2D eigenvalue weighted by atomic mass is 10.1. The van der Waals surface area contributed by atoms with Crippen LogP contribution in [-0.2, 0) is 20.7 Å². The van der Waals surface area contributed by atoms with Gasteiger partial charge in [-0.1, -0.05) is 43.4 Å². The van der Waals surface area contributed by atoms with Gasteiger partial charge in [-0.2, -0.15) is 0 Å². The minimum atomic E-state index is -0.371. The van der Waals surface area contributed by atoms with Crippen LogP contribution in [0.4, 0.5) is 5.13 Å². The van der Waals surface area contributed by atoms with E-state index in [1.54, 1.807) is 38.1 Å². The topological polar surface area (TPSA) is 167 Å². The smallest absolute Gasteiger partial charge is 0.292 e. The molecular weight excluding hydrogens is 524 g/mol. The minimum Gasteiger partial charge on any atom is -0.508 e. The summed E-state index contributed by atoms with van der Waals surface area (Å²) in [7, 11) is 1.31. The van der Waals surface area contributed by atoms with Gasteiger partial charge in [-0.05, 0) is 49.7 Å². The molecule has 1 heterocycles. The van der Waals surface area contributed by atoms with E-state index in [1.807, 2.05) is 13.8 Å². The van der Waals surface area contributed by atoms with Gasteiger partial charge in [0.05, 0.1) is 19.2 Å². The largest absolute Gasteiger partial charge is 0.508 e. The molecule has 3 amide bonds. The summed E-state index contributed by atoms with van der Waals surface area (Å²) in [6, 6.07) is 12.0. The Morgan fingerprint density at radius 2 is 1.67 bits per heavy atom. The monoisotopic (exact) mass is 558 g/mol. The molecule has 0 fully saturated rings. The first-order chi connectivity index (χ1) is 18.6. The van der Waals surface area contributed by atoms with Crippen molar-refractivity contribution in [3.05, 3.63) is 70.2 Å². The van der Waals surface area contributed by atoms with Crippen molar-refractivity contribution >= 4 is 40.7 Å². The number of phenols is 2. The standard InChI is InChI=1S/C23H24N4O5S.C2H4O2.C2H6/c1-13(12-24-21(31)16-6-4-8-18(29)11-16)25-22(32)20-14(2)26-23(33-20)27-19(30)10-15-5-3-7-17(28)9-15;1-4-2-3;1-2/h3-9,11,13,28-29H,10,12H2,1-2H3,(H,24,31)(H,25,32)(H,26,27,30);2H,1H3;1-2H3. The van der Waals surface area contributed by atoms with Gasteiger partial charge in [0.1, 0.15) is 16.4 Å². The molecule has 1 aromatic heterocycles. The van der Waals surface area contributed by atoms with Crippen molar-refractivity contribution in [1.82, 2.24) is 15.6 Å². The number of hydrogen-bond acceptors (Lipinski definition) is 9. The number of carbonyl (C=O) groups is 4. The van der Waals surface area contributed by atoms with E-state index in [2.05, 4.69) is 25.7 Å². The van der Waals surface area contributed by atoms with Crippen molar-refractivity contribution in [2.45, 2.75) is 40.2 Å². The zero-order valence-corrected chi connectivity index (χ0v) is 23.3. The molecular formula is C27H34N4O7S. The van der Waals surface area contributed by atoms with Crippen molar-refractivity contribution in [3.8, 4) is 11.5 Å². The Morgan fingerprint density at radius 3 is 2.26 bits per heavy atom. The third-order valence-electron chi connectivity index (χ3n) is 4.68. The Morgan fingerprint density at radius 1 is 1.05 bits per heavy atom. The summed E-state index contributed by atoms with van der Waals surface area (Å²) in [6.07, 6.45) is 0.0600. The maximum atomic E-state index is 12.6. The van der Waals surface area contributed by atoms with Crippen molar-refractivity contribution in [1.29, 1.82) is 0 Å². The van der Waals surface area contributed by atoms with Crippen LogP contribution in [0.1, 0.15) is 52.1 Å². The van der Waals surface area contributed by atoms with Gasteiger partial charge in [-0.15, -0.1) is 0 Å². The predicted octanol–water partition coefficient (Wildman–Crippen LogP) is 3.41. The van der Waals surface area contributed by atoms with Crippen LogP contribution >= 0.6 is 11.3 Å². The SMILES string of the molecule is CC.COC=O.Cc1nc(NC(=O)Cc2cccc(O)c2)sc1C(=O)NC(C)CNC(=O)c1cccc(O)c1. The first-order valence-corrected chi connectivity index (χ1v) is 12.8. The average Bonchev–Trinajstić information content (AvgIpc) is 3.28. The van der Waals surface area contributed by atoms with Gasteiger partial charge in [0.15, 0.2) is 5.13 Å². The molecule has 3 aromatic rings. The fraction of sp³-hybridized carbons (Fsp3) is 0.296. The Kier molecular flexibility index (Phi) is 14.3. The molecule has 0 saturated carbocycles. The molecule has 11 nitrogen and oxygen atoms in total. The highest BCUT2D eigenvalue weighted by Crippen LogP contribution is 2.23. The number of aryl methyl sites for hydroxylation is 1. The summed E-state index contributed by atoms with van der Waals surface area (Å²) in [5, 5.41) is 27.4. The summed E-state index contributed by atoms with van der Waals surface area (Å²) in [4.78, 5) is 50.6. The quantitative estimate of drug-likeness (QED) is 0.249. The second-order valence-corrected chi connectivity index (χ2v) is 8.79. The normalized spacial score (nSPS) is 10.4. The molecule has 0 aliphatic rings. The molecule has 0 aliphatic carbocycles. The highest BCUT2D eigenvalue weighted by molar-refractivity contribution is 7.17. The molecule has 210 valence electrons. The Hall–Kier alpha value is -4.45. The van der Waals surface area contributed by atoms with Gasteiger partial charge < -0.3 is 30.9 Å². The van der Waals surface area contributed by atoms with Crippen LogP contribution in [0.5, 0.6) is 11.5 Å². The van der Waals surface area contributed by atoms with E-state index in [4.69, 9.17) is 4.79 Å². The molecule has 0 spiro atoms. The van der Waals surface area contributed by atoms with Crippen LogP contribution in [0.2, 0.25) is 0 Å². The van der Waals surface area contributed by atoms with E-state index < -0.39 is 0 Å². The first kappa shape index (κ1) is 32.6. The van der Waals surface area contributed by atoms with E-state index in [0.717, 1.165) is 11.3 Å². The number of aromatic hydroxyl groups is 2. The van der Waals surface area contributed by atoms with Gasteiger partial charge >= 0.3 is 0 Å². The molecule has 2 aromatic carbocycles. The number of phenolic OH excluding ortho intramolecular Hbond substituents is 2. The molecule has 0 aliphatic heterocycles. The highest BCUT2D eigenvalue weighted by atomic mass is 32.1. The third kappa shape index (κ3) is 11.6. The van der Waals surface area contributed by atoms with E-state index in [0.29, 0.717) is 33.3 Å². The lowest BCUT2D eigenvalue weighted by Crippen LogP contribution is -2.41. The van der Waals surface area contributed by atoms with Gasteiger partial charge in [0.2, 0.25) is 5.91 Å². The van der Waals surface area contributed by atoms with E-state index in [-0.39, 0.29) is 48.2 Å². The number of nitrogens with zero attached hydrogens (tertiary/aromatic N) is 1. The van der Waals surface area contributed by atoms with Crippen LogP contribution in [0.15, 0.2) is 48.5 Å². The number of hydrogen-bond donors (Lipinski definition) is 5. The summed E-state index contributed by atoms with van der Waals surface area (Å²) in [5.74, 6) is -0.967. The second-order valence-electron chi connectivity index (χ2n) is 7.80. The number of methoxy groups -OCH3 is 1. The van der Waals surface area contributed by atoms with Gasteiger partial charge in [-0.25, -0.2) is 4.98 Å². The van der Waals surface area contributed by atoms with Crippen molar-refractivity contribution in [2.75, 3.05) is 19.0 Å². The maximum Gasteiger partial charge on any atom is 0.292 e. The number of anilines is 1. The fourth-order valence-electron chi connectivity index (χ4n) is 3.01. The Bertz CT molecular complexity index is 1250.